The van der Waals surface area contributed by atoms with E-state index in [1.165, 1.54) is 16.7 Å². The van der Waals surface area contributed by atoms with Crippen LogP contribution in [0.5, 0.6) is 5.75 Å². The fourth-order valence-corrected chi connectivity index (χ4v) is 2.97. The molecule has 0 bridgehead atoms. The lowest BCUT2D eigenvalue weighted by molar-refractivity contribution is 0.288. The number of hydrogen-bond donors (Lipinski definition) is 1. The Morgan fingerprint density at radius 3 is 2.80 bits per heavy atom. The Bertz CT molecular complexity index is 612. The minimum atomic E-state index is 0.154. The quantitative estimate of drug-likeness (QED) is 0.922. The second-order valence-corrected chi connectivity index (χ2v) is 5.53. The molecule has 104 valence electrons. The Kier molecular flexibility index (Phi) is 3.95. The van der Waals surface area contributed by atoms with Crippen LogP contribution >= 0.6 is 11.6 Å². The Morgan fingerprint density at radius 2 is 2.00 bits per heavy atom. The van der Waals surface area contributed by atoms with E-state index in [2.05, 4.69) is 29.6 Å². The van der Waals surface area contributed by atoms with Gasteiger partial charge in [0.25, 0.3) is 0 Å². The summed E-state index contributed by atoms with van der Waals surface area (Å²) < 4.78 is 5.68. The number of ether oxygens (including phenoxy) is 1. The Morgan fingerprint density at radius 1 is 1.15 bits per heavy atom. The number of hydrogen-bond acceptors (Lipinski definition) is 2. The zero-order valence-corrected chi connectivity index (χ0v) is 12.3. The summed E-state index contributed by atoms with van der Waals surface area (Å²) in [5, 5.41) is 4.14. The largest absolute Gasteiger partial charge is 0.493 e. The molecule has 0 radical (unpaired) electrons. The summed E-state index contributed by atoms with van der Waals surface area (Å²) in [7, 11) is 1.97. The van der Waals surface area contributed by atoms with Crippen LogP contribution in [0.4, 0.5) is 0 Å². The summed E-state index contributed by atoms with van der Waals surface area (Å²) in [6.45, 7) is 0.829. The molecule has 3 rings (SSSR count). The maximum Gasteiger partial charge on any atom is 0.122 e. The Hall–Kier alpha value is -1.51. The highest BCUT2D eigenvalue weighted by Gasteiger charge is 2.16. The van der Waals surface area contributed by atoms with Gasteiger partial charge in [0.2, 0.25) is 0 Å². The first kappa shape index (κ1) is 13.5. The number of fused-ring (bicyclic) bond motifs is 1. The van der Waals surface area contributed by atoms with Gasteiger partial charge < -0.3 is 10.1 Å². The molecule has 2 aromatic rings. The van der Waals surface area contributed by atoms with Crippen molar-refractivity contribution in [2.75, 3.05) is 13.7 Å². The summed E-state index contributed by atoms with van der Waals surface area (Å²) in [6.07, 6.45) is 2.19. The first-order chi connectivity index (χ1) is 9.78. The summed E-state index contributed by atoms with van der Waals surface area (Å²) in [6, 6.07) is 14.6. The van der Waals surface area contributed by atoms with Crippen LogP contribution in [0.2, 0.25) is 5.02 Å². The SMILES string of the molecule is CNC(c1cccc(Cl)c1)c1ccc2c(c1)CCCO2. The molecule has 1 heterocycles. The maximum absolute atomic E-state index is 6.10. The lowest BCUT2D eigenvalue weighted by Crippen LogP contribution is -2.18. The van der Waals surface area contributed by atoms with Gasteiger partial charge >= 0.3 is 0 Å². The monoisotopic (exact) mass is 287 g/mol. The highest BCUT2D eigenvalue weighted by Crippen LogP contribution is 2.30. The second-order valence-electron chi connectivity index (χ2n) is 5.10. The van der Waals surface area contributed by atoms with Gasteiger partial charge in [-0.1, -0.05) is 35.9 Å². The van der Waals surface area contributed by atoms with Crippen molar-refractivity contribution < 1.29 is 4.74 Å². The highest BCUT2D eigenvalue weighted by atomic mass is 35.5. The molecule has 1 atom stereocenters. The van der Waals surface area contributed by atoms with Gasteiger partial charge in [-0.15, -0.1) is 0 Å². The van der Waals surface area contributed by atoms with Gasteiger partial charge in [0.15, 0.2) is 0 Å². The standard InChI is InChI=1S/C17H18ClNO/c1-19-17(13-4-2-6-15(18)11-13)14-7-8-16-12(10-14)5-3-9-20-16/h2,4,6-8,10-11,17,19H,3,5,9H2,1H3. The molecule has 0 saturated carbocycles. The van der Waals surface area contributed by atoms with Gasteiger partial charge in [-0.2, -0.15) is 0 Å². The molecule has 0 spiro atoms. The zero-order valence-electron chi connectivity index (χ0n) is 11.5. The van der Waals surface area contributed by atoms with Crippen molar-refractivity contribution >= 4 is 11.6 Å². The molecule has 0 fully saturated rings. The summed E-state index contributed by atoms with van der Waals surface area (Å²) in [5.74, 6) is 1.03. The molecule has 0 aromatic heterocycles. The van der Waals surface area contributed by atoms with E-state index in [9.17, 15) is 0 Å². The average Bonchev–Trinajstić information content (AvgIpc) is 2.48. The molecule has 3 heteroatoms. The number of benzene rings is 2. The molecule has 0 aliphatic carbocycles. The van der Waals surface area contributed by atoms with E-state index in [-0.39, 0.29) is 6.04 Å². The third-order valence-electron chi connectivity index (χ3n) is 3.74. The van der Waals surface area contributed by atoms with Gasteiger partial charge in [-0.05, 0) is 54.8 Å². The molecule has 0 amide bonds. The third-order valence-corrected chi connectivity index (χ3v) is 3.97. The lowest BCUT2D eigenvalue weighted by Gasteiger charge is -2.22. The fraction of sp³-hybridized carbons (Fsp3) is 0.294. The van der Waals surface area contributed by atoms with Crippen LogP contribution in [0.15, 0.2) is 42.5 Å². The molecule has 1 aliphatic heterocycles. The number of halogens is 1. The molecule has 1 aliphatic rings. The van der Waals surface area contributed by atoms with Crippen LogP contribution in [0, 0.1) is 0 Å². The average molecular weight is 288 g/mol. The highest BCUT2D eigenvalue weighted by molar-refractivity contribution is 6.30. The normalized spacial score (nSPS) is 15.3. The van der Waals surface area contributed by atoms with Gasteiger partial charge in [-0.25, -0.2) is 0 Å². The first-order valence-corrected chi connectivity index (χ1v) is 7.34. The van der Waals surface area contributed by atoms with Crippen molar-refractivity contribution in [1.29, 1.82) is 0 Å². The topological polar surface area (TPSA) is 21.3 Å². The van der Waals surface area contributed by atoms with Gasteiger partial charge in [-0.3, -0.25) is 0 Å². The minimum Gasteiger partial charge on any atom is -0.493 e. The van der Waals surface area contributed by atoms with E-state index in [1.54, 1.807) is 0 Å². The van der Waals surface area contributed by atoms with Crippen LogP contribution in [-0.4, -0.2) is 13.7 Å². The fourth-order valence-electron chi connectivity index (χ4n) is 2.77. The maximum atomic E-state index is 6.10. The van der Waals surface area contributed by atoms with Gasteiger partial charge in [0.05, 0.1) is 12.6 Å². The number of nitrogens with one attached hydrogen (secondary N) is 1. The molecule has 2 nitrogen and oxygen atoms in total. The third kappa shape index (κ3) is 2.67. The van der Waals surface area contributed by atoms with Crippen molar-refractivity contribution in [2.45, 2.75) is 18.9 Å². The second kappa shape index (κ2) is 5.86. The van der Waals surface area contributed by atoms with Gasteiger partial charge in [0, 0.05) is 5.02 Å². The first-order valence-electron chi connectivity index (χ1n) is 6.96. The van der Waals surface area contributed by atoms with Crippen molar-refractivity contribution in [3.05, 3.63) is 64.2 Å². The molecule has 2 aromatic carbocycles. The van der Waals surface area contributed by atoms with Crippen LogP contribution in [-0.2, 0) is 6.42 Å². The van der Waals surface area contributed by atoms with E-state index in [0.717, 1.165) is 30.2 Å². The van der Waals surface area contributed by atoms with Crippen LogP contribution in [0.1, 0.15) is 29.2 Å². The van der Waals surface area contributed by atoms with E-state index in [4.69, 9.17) is 16.3 Å². The van der Waals surface area contributed by atoms with Gasteiger partial charge in [0.1, 0.15) is 5.75 Å². The predicted molar refractivity (Wildman–Crippen MR) is 82.6 cm³/mol. The predicted octanol–water partition coefficient (Wildman–Crippen LogP) is 3.97. The van der Waals surface area contributed by atoms with Crippen molar-refractivity contribution in [2.24, 2.45) is 0 Å². The summed E-state index contributed by atoms with van der Waals surface area (Å²) >= 11 is 6.10. The van der Waals surface area contributed by atoms with E-state index in [1.807, 2.05) is 25.2 Å². The summed E-state index contributed by atoms with van der Waals surface area (Å²) in [5.41, 5.74) is 3.73. The molecular weight excluding hydrogens is 270 g/mol. The van der Waals surface area contributed by atoms with Crippen molar-refractivity contribution in [3.63, 3.8) is 0 Å². The molecular formula is C17H18ClNO. The number of rotatable bonds is 3. The molecule has 0 saturated heterocycles. The van der Waals surface area contributed by atoms with E-state index >= 15 is 0 Å². The van der Waals surface area contributed by atoms with E-state index < -0.39 is 0 Å². The van der Waals surface area contributed by atoms with Crippen LogP contribution in [0.25, 0.3) is 0 Å². The van der Waals surface area contributed by atoms with E-state index in [0.29, 0.717) is 0 Å². The Labute approximate surface area is 124 Å². The number of aryl methyl sites for hydroxylation is 1. The van der Waals surface area contributed by atoms with Crippen LogP contribution < -0.4 is 10.1 Å². The van der Waals surface area contributed by atoms with Crippen molar-refractivity contribution in [3.8, 4) is 5.75 Å². The molecule has 20 heavy (non-hydrogen) atoms. The smallest absolute Gasteiger partial charge is 0.122 e. The Balaban J connectivity index is 1.97. The summed E-state index contributed by atoms with van der Waals surface area (Å²) in [4.78, 5) is 0. The minimum absolute atomic E-state index is 0.154. The molecule has 1 unspecified atom stereocenters. The zero-order chi connectivity index (χ0) is 13.9. The van der Waals surface area contributed by atoms with Crippen LogP contribution in [0.3, 0.4) is 0 Å². The molecule has 1 N–H and O–H groups in total. The van der Waals surface area contributed by atoms with Crippen molar-refractivity contribution in [1.82, 2.24) is 5.32 Å². The lowest BCUT2D eigenvalue weighted by atomic mass is 9.95.